The van der Waals surface area contributed by atoms with Crippen molar-refractivity contribution in [2.75, 3.05) is 18.0 Å². The van der Waals surface area contributed by atoms with Gasteiger partial charge in [-0.05, 0) is 59.7 Å². The Hall–Kier alpha value is -1.53. The summed E-state index contributed by atoms with van der Waals surface area (Å²) in [4.78, 5) is 18.7. The fraction of sp³-hybridized carbons (Fsp3) is 0.526. The van der Waals surface area contributed by atoms with Gasteiger partial charge in [-0.15, -0.1) is 0 Å². The van der Waals surface area contributed by atoms with E-state index in [1.165, 1.54) is 41.9 Å². The summed E-state index contributed by atoms with van der Waals surface area (Å²) in [5.74, 6) is 1.23. The summed E-state index contributed by atoms with van der Waals surface area (Å²) >= 11 is 3.52. The van der Waals surface area contributed by atoms with Gasteiger partial charge in [0.1, 0.15) is 12.1 Å². The summed E-state index contributed by atoms with van der Waals surface area (Å²) in [6.45, 7) is 3.21. The lowest BCUT2D eigenvalue weighted by molar-refractivity contribution is 0.107. The Morgan fingerprint density at radius 3 is 2.76 bits per heavy atom. The molecule has 2 bridgehead atoms. The smallest absolute Gasteiger partial charge is 0.136 e. The number of aryl methyl sites for hydroxylation is 1. The van der Waals surface area contributed by atoms with Crippen molar-refractivity contribution in [2.45, 2.75) is 50.7 Å². The molecule has 6 rings (SSSR count). The van der Waals surface area contributed by atoms with E-state index in [4.69, 9.17) is 4.98 Å². The summed E-state index contributed by atoms with van der Waals surface area (Å²) in [5.41, 5.74) is 3.99. The molecule has 5 nitrogen and oxygen atoms in total. The number of anilines is 1. The number of piperazine rings is 1. The van der Waals surface area contributed by atoms with Crippen LogP contribution in [0.3, 0.4) is 0 Å². The van der Waals surface area contributed by atoms with Gasteiger partial charge in [0.05, 0.1) is 0 Å². The summed E-state index contributed by atoms with van der Waals surface area (Å²) < 4.78 is 1.06. The quantitative estimate of drug-likeness (QED) is 0.793. The van der Waals surface area contributed by atoms with Crippen molar-refractivity contribution in [1.29, 1.82) is 0 Å². The molecule has 1 aliphatic carbocycles. The van der Waals surface area contributed by atoms with Gasteiger partial charge in [-0.2, -0.15) is 0 Å². The highest BCUT2D eigenvalue weighted by Gasteiger charge is 2.46. The summed E-state index contributed by atoms with van der Waals surface area (Å²) in [6.07, 6.45) is 11.7. The molecule has 3 aliphatic heterocycles. The maximum atomic E-state index is 4.70. The molecule has 25 heavy (non-hydrogen) atoms. The number of hydrogen-bond donors (Lipinski definition) is 0. The van der Waals surface area contributed by atoms with E-state index in [0.717, 1.165) is 36.9 Å². The largest absolute Gasteiger partial charge is 0.348 e. The number of hydrogen-bond acceptors (Lipinski definition) is 5. The minimum atomic E-state index is 0.597. The van der Waals surface area contributed by atoms with Crippen molar-refractivity contribution in [1.82, 2.24) is 19.9 Å². The first-order valence-corrected chi connectivity index (χ1v) is 10.00. The van der Waals surface area contributed by atoms with Crippen molar-refractivity contribution >= 4 is 21.7 Å². The molecule has 4 aliphatic rings. The lowest BCUT2D eigenvalue weighted by Gasteiger charge is -2.57. The van der Waals surface area contributed by atoms with Gasteiger partial charge in [0.2, 0.25) is 0 Å². The van der Waals surface area contributed by atoms with Crippen LogP contribution in [0.5, 0.6) is 0 Å². The minimum absolute atomic E-state index is 0.597. The fourth-order valence-electron chi connectivity index (χ4n) is 4.70. The van der Waals surface area contributed by atoms with Crippen molar-refractivity contribution < 1.29 is 0 Å². The Labute approximate surface area is 156 Å². The molecule has 0 saturated carbocycles. The lowest BCUT2D eigenvalue weighted by Crippen LogP contribution is -2.69. The highest BCUT2D eigenvalue weighted by molar-refractivity contribution is 9.10. The van der Waals surface area contributed by atoms with Crippen LogP contribution >= 0.6 is 15.9 Å². The molecule has 0 spiro atoms. The Kier molecular flexibility index (Phi) is 3.97. The number of nitrogens with zero attached hydrogens (tertiary/aromatic N) is 5. The number of rotatable bonds is 3. The summed E-state index contributed by atoms with van der Waals surface area (Å²) in [7, 11) is 0. The monoisotopic (exact) mass is 399 g/mol. The number of pyridine rings is 1. The first-order valence-electron chi connectivity index (χ1n) is 9.21. The number of aromatic nitrogens is 3. The summed E-state index contributed by atoms with van der Waals surface area (Å²) in [6, 6.07) is 3.37. The zero-order valence-electron chi connectivity index (χ0n) is 14.2. The van der Waals surface area contributed by atoms with Crippen LogP contribution in [-0.2, 0) is 19.4 Å². The first-order chi connectivity index (χ1) is 12.3. The van der Waals surface area contributed by atoms with Gasteiger partial charge in [0.25, 0.3) is 0 Å². The molecule has 3 fully saturated rings. The van der Waals surface area contributed by atoms with Gasteiger partial charge in [-0.1, -0.05) is 0 Å². The third kappa shape index (κ3) is 2.85. The average molecular weight is 400 g/mol. The van der Waals surface area contributed by atoms with E-state index in [2.05, 4.69) is 41.8 Å². The molecule has 2 aromatic heterocycles. The molecular formula is C19H22BrN5. The molecule has 2 aromatic rings. The van der Waals surface area contributed by atoms with E-state index in [9.17, 15) is 0 Å². The lowest BCUT2D eigenvalue weighted by atomic mass is 9.85. The normalized spacial score (nSPS) is 25.4. The van der Waals surface area contributed by atoms with E-state index in [-0.39, 0.29) is 0 Å². The van der Waals surface area contributed by atoms with E-state index < -0.39 is 0 Å². The van der Waals surface area contributed by atoms with Crippen molar-refractivity contribution in [3.8, 4) is 0 Å². The Bertz CT molecular complexity index is 783. The van der Waals surface area contributed by atoms with Crippen LogP contribution < -0.4 is 4.90 Å². The molecule has 0 radical (unpaired) electrons. The third-order valence-electron chi connectivity index (χ3n) is 5.78. The van der Waals surface area contributed by atoms with Crippen LogP contribution in [0.2, 0.25) is 0 Å². The predicted molar refractivity (Wildman–Crippen MR) is 101 cm³/mol. The molecule has 0 N–H and O–H groups in total. The topological polar surface area (TPSA) is 45.2 Å². The average Bonchev–Trinajstić information content (AvgIpc) is 2.62. The third-order valence-corrected chi connectivity index (χ3v) is 6.22. The highest BCUT2D eigenvalue weighted by Crippen LogP contribution is 2.39. The van der Waals surface area contributed by atoms with Crippen LogP contribution in [0.4, 0.5) is 5.82 Å². The molecule has 6 heteroatoms. The second kappa shape index (κ2) is 6.32. The molecule has 0 aromatic carbocycles. The van der Waals surface area contributed by atoms with Gasteiger partial charge in [0, 0.05) is 59.8 Å². The van der Waals surface area contributed by atoms with Crippen LogP contribution in [0.25, 0.3) is 0 Å². The highest BCUT2D eigenvalue weighted by atomic mass is 79.9. The van der Waals surface area contributed by atoms with E-state index in [1.54, 1.807) is 6.33 Å². The second-order valence-corrected chi connectivity index (χ2v) is 8.40. The molecule has 0 amide bonds. The zero-order chi connectivity index (χ0) is 16.8. The van der Waals surface area contributed by atoms with Crippen LogP contribution in [-0.4, -0.2) is 45.0 Å². The van der Waals surface area contributed by atoms with E-state index in [1.807, 2.05) is 12.4 Å². The van der Waals surface area contributed by atoms with Crippen molar-refractivity contribution in [3.05, 3.63) is 46.1 Å². The van der Waals surface area contributed by atoms with Crippen LogP contribution in [0.15, 0.2) is 29.3 Å². The van der Waals surface area contributed by atoms with Gasteiger partial charge >= 0.3 is 0 Å². The Morgan fingerprint density at radius 2 is 1.92 bits per heavy atom. The molecular weight excluding hydrogens is 378 g/mol. The maximum Gasteiger partial charge on any atom is 0.136 e. The molecule has 3 saturated heterocycles. The van der Waals surface area contributed by atoms with Crippen LogP contribution in [0, 0.1) is 0 Å². The minimum Gasteiger partial charge on any atom is -0.348 e. The second-order valence-electron chi connectivity index (χ2n) is 7.49. The fourth-order valence-corrected chi connectivity index (χ4v) is 5.11. The van der Waals surface area contributed by atoms with Crippen LogP contribution in [0.1, 0.15) is 36.1 Å². The summed E-state index contributed by atoms with van der Waals surface area (Å²) in [5, 5.41) is 0. The number of fused-ring (bicyclic) bond motifs is 3. The number of piperidine rings is 1. The molecule has 2 unspecified atom stereocenters. The van der Waals surface area contributed by atoms with Gasteiger partial charge in [-0.25, -0.2) is 9.97 Å². The van der Waals surface area contributed by atoms with Gasteiger partial charge in [-0.3, -0.25) is 9.88 Å². The predicted octanol–water partition coefficient (Wildman–Crippen LogP) is 2.98. The molecule has 130 valence electrons. The van der Waals surface area contributed by atoms with Gasteiger partial charge < -0.3 is 4.90 Å². The van der Waals surface area contributed by atoms with Crippen molar-refractivity contribution in [2.24, 2.45) is 0 Å². The molecule has 5 heterocycles. The molecule has 2 atom stereocenters. The Balaban J connectivity index is 1.32. The first kappa shape index (κ1) is 15.7. The number of halogens is 1. The Morgan fingerprint density at radius 1 is 1.08 bits per heavy atom. The van der Waals surface area contributed by atoms with E-state index in [0.29, 0.717) is 12.1 Å². The van der Waals surface area contributed by atoms with Crippen molar-refractivity contribution in [3.63, 3.8) is 0 Å². The SMILES string of the molecule is Brc1cncc(CN2CC3CC(C2)N3c2ncnc3c2CCCC3)c1. The standard InChI is InChI=1S/C19H22BrN5/c20-14-5-13(7-21-8-14)9-24-10-15-6-16(11-24)25(15)19-17-3-1-2-4-18(17)22-12-23-19/h5,7-8,12,15-16H,1-4,6,9-11H2. The van der Waals surface area contributed by atoms with E-state index >= 15 is 0 Å². The maximum absolute atomic E-state index is 4.70. The van der Waals surface area contributed by atoms with Gasteiger partial charge in [0.15, 0.2) is 0 Å². The zero-order valence-corrected chi connectivity index (χ0v) is 15.8.